The third-order valence-electron chi connectivity index (χ3n) is 8.07. The van der Waals surface area contributed by atoms with Crippen LogP contribution in [0.4, 0.5) is 10.5 Å². The summed E-state index contributed by atoms with van der Waals surface area (Å²) in [4.78, 5) is 32.4. The van der Waals surface area contributed by atoms with Crippen LogP contribution in [-0.4, -0.2) is 66.5 Å². The lowest BCUT2D eigenvalue weighted by Crippen LogP contribution is -2.51. The Bertz CT molecular complexity index is 1080. The molecule has 1 atom stereocenters. The second-order valence-electron chi connectivity index (χ2n) is 10.2. The average Bonchev–Trinajstić information content (AvgIpc) is 3.07. The first kappa shape index (κ1) is 22.9. The number of carbonyl (C=O) groups is 2. The number of anilines is 1. The second-order valence-corrected chi connectivity index (χ2v) is 10.2. The van der Waals surface area contributed by atoms with Crippen molar-refractivity contribution >= 4 is 17.6 Å². The van der Waals surface area contributed by atoms with Crippen LogP contribution in [0, 0.1) is 13.8 Å². The van der Waals surface area contributed by atoms with E-state index in [4.69, 9.17) is 0 Å². The molecule has 2 aromatic carbocycles. The molecule has 0 saturated carbocycles. The van der Waals surface area contributed by atoms with Crippen molar-refractivity contribution in [2.24, 2.45) is 0 Å². The predicted octanol–water partition coefficient (Wildman–Crippen LogP) is 3.69. The summed E-state index contributed by atoms with van der Waals surface area (Å²) in [6.45, 7) is 10.1. The zero-order valence-corrected chi connectivity index (χ0v) is 20.5. The van der Waals surface area contributed by atoms with Crippen LogP contribution in [0.2, 0.25) is 0 Å². The van der Waals surface area contributed by atoms with E-state index in [9.17, 15) is 9.59 Å². The van der Waals surface area contributed by atoms with E-state index in [-0.39, 0.29) is 11.9 Å². The first-order valence-electron chi connectivity index (χ1n) is 12.7. The summed E-state index contributed by atoms with van der Waals surface area (Å²) in [5.41, 5.74) is 5.83. The number of aryl methyl sites for hydroxylation is 2. The highest BCUT2D eigenvalue weighted by molar-refractivity contribution is 6.07. The number of nitrogens with zero attached hydrogens (tertiary/aromatic N) is 3. The summed E-state index contributed by atoms with van der Waals surface area (Å²) in [5.74, 6) is -0.0332. The van der Waals surface area contributed by atoms with Gasteiger partial charge in [0.1, 0.15) is 5.54 Å². The minimum absolute atomic E-state index is 0.0332. The molecule has 1 aliphatic carbocycles. The molecule has 34 heavy (non-hydrogen) atoms. The Morgan fingerprint density at radius 1 is 0.882 bits per heavy atom. The first-order valence-corrected chi connectivity index (χ1v) is 12.7. The molecular formula is C28H36N4O2. The van der Waals surface area contributed by atoms with Gasteiger partial charge in [-0.3, -0.25) is 14.6 Å². The lowest BCUT2D eigenvalue weighted by atomic mass is 9.78. The highest BCUT2D eigenvalue weighted by Crippen LogP contribution is 2.33. The maximum Gasteiger partial charge on any atom is 0.325 e. The summed E-state index contributed by atoms with van der Waals surface area (Å²) in [6, 6.07) is 14.6. The standard InChI is InChI=1S/C28H36N4O2/c1-21-8-7-11-25(22(21)2)31-18-16-30(17-19-31)14-5-6-15-32-26(33)28(29-27(32)34)13-12-23-9-3-4-10-24(23)20-28/h3-4,7-11H,5-6,12-20H2,1-2H3,(H,29,34). The van der Waals surface area contributed by atoms with Crippen molar-refractivity contribution in [3.63, 3.8) is 0 Å². The van der Waals surface area contributed by atoms with Crippen molar-refractivity contribution in [1.29, 1.82) is 0 Å². The van der Waals surface area contributed by atoms with Gasteiger partial charge in [0.15, 0.2) is 0 Å². The summed E-state index contributed by atoms with van der Waals surface area (Å²) in [6.07, 6.45) is 3.98. The van der Waals surface area contributed by atoms with Crippen LogP contribution in [0.25, 0.3) is 0 Å². The van der Waals surface area contributed by atoms with E-state index in [2.05, 4.69) is 59.3 Å². The van der Waals surface area contributed by atoms with Gasteiger partial charge in [-0.25, -0.2) is 4.79 Å². The number of hydrogen-bond donors (Lipinski definition) is 1. The van der Waals surface area contributed by atoms with Gasteiger partial charge in [0.05, 0.1) is 0 Å². The molecule has 180 valence electrons. The van der Waals surface area contributed by atoms with Gasteiger partial charge in [0.2, 0.25) is 0 Å². The lowest BCUT2D eigenvalue weighted by Gasteiger charge is -2.37. The summed E-state index contributed by atoms with van der Waals surface area (Å²) in [7, 11) is 0. The molecular weight excluding hydrogens is 424 g/mol. The van der Waals surface area contributed by atoms with Crippen LogP contribution in [-0.2, 0) is 17.6 Å². The van der Waals surface area contributed by atoms with Crippen molar-refractivity contribution in [1.82, 2.24) is 15.1 Å². The van der Waals surface area contributed by atoms with Crippen molar-refractivity contribution in [2.75, 3.05) is 44.2 Å². The fraction of sp³-hybridized carbons (Fsp3) is 0.500. The predicted molar refractivity (Wildman–Crippen MR) is 135 cm³/mol. The third-order valence-corrected chi connectivity index (χ3v) is 8.07. The van der Waals surface area contributed by atoms with E-state index in [1.54, 1.807) is 0 Å². The van der Waals surface area contributed by atoms with Crippen LogP contribution in [0.5, 0.6) is 0 Å². The van der Waals surface area contributed by atoms with Crippen molar-refractivity contribution in [3.05, 3.63) is 64.7 Å². The van der Waals surface area contributed by atoms with Crippen molar-refractivity contribution in [2.45, 2.75) is 51.5 Å². The van der Waals surface area contributed by atoms with Gasteiger partial charge in [-0.15, -0.1) is 0 Å². The molecule has 1 spiro atoms. The van der Waals surface area contributed by atoms with Crippen LogP contribution in [0.15, 0.2) is 42.5 Å². The Kier molecular flexibility index (Phi) is 6.34. The number of fused-ring (bicyclic) bond motifs is 1. The van der Waals surface area contributed by atoms with Crippen LogP contribution < -0.4 is 10.2 Å². The number of benzene rings is 2. The van der Waals surface area contributed by atoms with Gasteiger partial charge in [-0.05, 0) is 74.4 Å². The number of imide groups is 1. The molecule has 2 fully saturated rings. The zero-order chi connectivity index (χ0) is 23.7. The van der Waals surface area contributed by atoms with Gasteiger partial charge in [-0.2, -0.15) is 0 Å². The molecule has 2 aliphatic heterocycles. The summed E-state index contributed by atoms with van der Waals surface area (Å²) < 4.78 is 0. The minimum Gasteiger partial charge on any atom is -0.369 e. The Balaban J connectivity index is 1.08. The van der Waals surface area contributed by atoms with E-state index in [1.807, 2.05) is 12.1 Å². The second kappa shape index (κ2) is 9.41. The monoisotopic (exact) mass is 460 g/mol. The van der Waals surface area contributed by atoms with Gasteiger partial charge < -0.3 is 10.2 Å². The quantitative estimate of drug-likeness (QED) is 0.528. The molecule has 3 amide bonds. The maximum atomic E-state index is 13.2. The molecule has 6 heteroatoms. The number of rotatable bonds is 6. The number of piperazine rings is 1. The molecule has 6 nitrogen and oxygen atoms in total. The highest BCUT2D eigenvalue weighted by atomic mass is 16.2. The SMILES string of the molecule is Cc1cccc(N2CCN(CCCCN3C(=O)NC4(CCc5ccccc5C4)C3=O)CC2)c1C. The molecule has 0 bridgehead atoms. The first-order chi connectivity index (χ1) is 16.5. The molecule has 5 rings (SSSR count). The molecule has 1 N–H and O–H groups in total. The van der Waals surface area contributed by atoms with Gasteiger partial charge in [0, 0.05) is 44.8 Å². The fourth-order valence-corrected chi connectivity index (χ4v) is 5.80. The summed E-state index contributed by atoms with van der Waals surface area (Å²) >= 11 is 0. The maximum absolute atomic E-state index is 13.2. The topological polar surface area (TPSA) is 55.9 Å². The fourth-order valence-electron chi connectivity index (χ4n) is 5.80. The molecule has 0 aromatic heterocycles. The van der Waals surface area contributed by atoms with E-state index >= 15 is 0 Å². The Hall–Kier alpha value is -2.86. The molecule has 2 aromatic rings. The van der Waals surface area contributed by atoms with E-state index < -0.39 is 5.54 Å². The number of urea groups is 1. The van der Waals surface area contributed by atoms with E-state index in [0.29, 0.717) is 19.4 Å². The van der Waals surface area contributed by atoms with Crippen molar-refractivity contribution in [3.8, 4) is 0 Å². The van der Waals surface area contributed by atoms with Crippen LogP contribution in [0.3, 0.4) is 0 Å². The number of unbranched alkanes of at least 4 members (excludes halogenated alkanes) is 1. The lowest BCUT2D eigenvalue weighted by molar-refractivity contribution is -0.131. The number of hydrogen-bond acceptors (Lipinski definition) is 4. The molecule has 2 saturated heterocycles. The third kappa shape index (κ3) is 4.31. The van der Waals surface area contributed by atoms with E-state index in [1.165, 1.54) is 32.8 Å². The minimum atomic E-state index is -0.740. The molecule has 1 unspecified atom stereocenters. The highest BCUT2D eigenvalue weighted by Gasteiger charge is 2.51. The normalized spacial score (nSPS) is 22.9. The van der Waals surface area contributed by atoms with Crippen LogP contribution >= 0.6 is 0 Å². The van der Waals surface area contributed by atoms with E-state index in [0.717, 1.165) is 52.0 Å². The van der Waals surface area contributed by atoms with Crippen LogP contribution in [0.1, 0.15) is 41.5 Å². The van der Waals surface area contributed by atoms with Gasteiger partial charge >= 0.3 is 6.03 Å². The smallest absolute Gasteiger partial charge is 0.325 e. The number of amides is 3. The average molecular weight is 461 g/mol. The molecule has 2 heterocycles. The largest absolute Gasteiger partial charge is 0.369 e. The molecule has 0 radical (unpaired) electrons. The number of carbonyl (C=O) groups excluding carboxylic acids is 2. The Morgan fingerprint density at radius 3 is 2.41 bits per heavy atom. The Labute approximate surface area is 202 Å². The van der Waals surface area contributed by atoms with Gasteiger partial charge in [0.25, 0.3) is 5.91 Å². The molecule has 3 aliphatic rings. The zero-order valence-electron chi connectivity index (χ0n) is 20.5. The Morgan fingerprint density at radius 2 is 1.62 bits per heavy atom. The summed E-state index contributed by atoms with van der Waals surface area (Å²) in [5, 5.41) is 3.05. The number of nitrogens with one attached hydrogen (secondary N) is 1. The van der Waals surface area contributed by atoms with Gasteiger partial charge in [-0.1, -0.05) is 36.4 Å². The van der Waals surface area contributed by atoms with Crippen molar-refractivity contribution < 1.29 is 9.59 Å².